The number of hydrogen-bond acceptors (Lipinski definition) is 18. The van der Waals surface area contributed by atoms with E-state index in [2.05, 4.69) is 21.3 Å². The third-order valence-corrected chi connectivity index (χ3v) is 18.0. The summed E-state index contributed by atoms with van der Waals surface area (Å²) in [5.74, 6) is -1.55. The highest BCUT2D eigenvalue weighted by molar-refractivity contribution is 5.96. The first-order chi connectivity index (χ1) is 47.4. The average Bonchev–Trinajstić information content (AvgIpc) is 1.76. The standard InChI is InChI=1S/C37H46N4O8.C32H37N3O7.C7H15NO2/c1-35(2,3)30(39-34(46)49-36(4,5)6)32(43)41-21-24(19-28(41)31(42)40-37(33(44)45)16-11-17-37)48-29-20-26(22-12-9-8-10-13-22)38-27-18-23(47-7)14-15-25(27)29;1-31(2,3)42-30(38)35-19-22(17-26(35)28(36)34-32(14-9-15-32)29(37)40-5)41-27-18-24(20-10-7-6-8-11-20)33-25-16-21(39-4)12-13-23(25)27;1-7(2,3)5(8-4)6(9)10/h8-10,12-15,18,20,24,28,30H,11,16-17,19,21H2,1-7H3,(H,39,46)(H,40,42)(H,44,45);6-8,10-13,16,18,22,26H,9,14-15,17,19H2,1-5H3,(H,34,36);5,8H,1-4H3,(H,9,10)/t24?,28-,30+;22?,26-;5-/m001/s1. The number of benzene rings is 4. The number of carbonyl (C=O) groups is 8. The van der Waals surface area contributed by atoms with Crippen LogP contribution >= 0.6 is 0 Å². The molecule has 0 spiro atoms. The largest absolute Gasteiger partial charge is 0.497 e. The Hall–Kier alpha value is -9.78. The number of aliphatic carboxylic acids is 2. The summed E-state index contributed by atoms with van der Waals surface area (Å²) in [6, 6.07) is 30.6. The van der Waals surface area contributed by atoms with E-state index in [0.29, 0.717) is 82.9 Å². The fourth-order valence-electron chi connectivity index (χ4n) is 12.5. The predicted octanol–water partition coefficient (Wildman–Crippen LogP) is 10.9. The third kappa shape index (κ3) is 19.0. The van der Waals surface area contributed by atoms with Gasteiger partial charge in [0.25, 0.3) is 0 Å². The summed E-state index contributed by atoms with van der Waals surface area (Å²) in [6.45, 7) is 21.7. The number of methoxy groups -OCH3 is 3. The number of fused-ring (bicyclic) bond motifs is 2. The van der Waals surface area contributed by atoms with Gasteiger partial charge < -0.3 is 69.5 Å². The van der Waals surface area contributed by atoms with Gasteiger partial charge in [-0.1, -0.05) is 102 Å². The molecule has 6 aromatic rings. The molecule has 2 saturated carbocycles. The Morgan fingerprint density at radius 1 is 0.545 bits per heavy atom. The van der Waals surface area contributed by atoms with Crippen molar-refractivity contribution >= 4 is 69.6 Å². The van der Waals surface area contributed by atoms with E-state index in [1.807, 2.05) is 145 Å². The number of carboxylic acid groups (broad SMARTS) is 2. The van der Waals surface area contributed by atoms with Gasteiger partial charge in [0, 0.05) is 59.0 Å². The molecule has 101 heavy (non-hydrogen) atoms. The first kappa shape index (κ1) is 77.0. The van der Waals surface area contributed by atoms with Crippen LogP contribution in [0, 0.1) is 10.8 Å². The van der Waals surface area contributed by atoms with Gasteiger partial charge >= 0.3 is 30.1 Å². The number of carboxylic acids is 2. The van der Waals surface area contributed by atoms with Crippen LogP contribution in [0.1, 0.15) is 134 Å². The minimum atomic E-state index is -1.38. The number of alkyl carbamates (subject to hydrolysis) is 1. The van der Waals surface area contributed by atoms with Crippen LogP contribution in [0.15, 0.2) is 109 Å². The van der Waals surface area contributed by atoms with Gasteiger partial charge in [-0.15, -0.1) is 0 Å². The average molecular weight is 1400 g/mol. The summed E-state index contributed by atoms with van der Waals surface area (Å²) < 4.78 is 40.1. The Balaban J connectivity index is 0.000000228. The van der Waals surface area contributed by atoms with E-state index in [1.165, 1.54) is 16.9 Å². The molecule has 25 nitrogen and oxygen atoms in total. The minimum absolute atomic E-state index is 0.0141. The molecule has 0 bridgehead atoms. The zero-order valence-corrected chi connectivity index (χ0v) is 60.7. The molecule has 2 aliphatic heterocycles. The second-order valence-corrected chi connectivity index (χ2v) is 30.1. The third-order valence-electron chi connectivity index (χ3n) is 18.0. The van der Waals surface area contributed by atoms with Crippen LogP contribution in [0.5, 0.6) is 23.0 Å². The molecule has 6 N–H and O–H groups in total. The Kier molecular flexibility index (Phi) is 23.9. The first-order valence-corrected chi connectivity index (χ1v) is 34.0. The van der Waals surface area contributed by atoms with Crippen molar-refractivity contribution in [3.63, 3.8) is 0 Å². The normalized spacial score (nSPS) is 19.0. The second kappa shape index (κ2) is 31.4. The molecule has 4 aliphatic rings. The van der Waals surface area contributed by atoms with Crippen molar-refractivity contribution in [2.75, 3.05) is 41.5 Å². The number of nitrogens with zero attached hydrogens (tertiary/aromatic N) is 4. The topological polar surface area (TPSA) is 322 Å². The zero-order valence-electron chi connectivity index (χ0n) is 60.7. The second-order valence-electron chi connectivity index (χ2n) is 30.1. The van der Waals surface area contributed by atoms with Crippen molar-refractivity contribution in [1.82, 2.24) is 41.0 Å². The van der Waals surface area contributed by atoms with Crippen LogP contribution in [-0.2, 0) is 43.0 Å². The Bertz CT molecular complexity index is 3980. The number of likely N-dealkylation sites (tertiary alicyclic amines) is 2. The van der Waals surface area contributed by atoms with Crippen LogP contribution in [0.3, 0.4) is 0 Å². The number of likely N-dealkylation sites (N-methyl/N-ethyl adjacent to an activating group) is 1. The van der Waals surface area contributed by atoms with Crippen LogP contribution in [0.2, 0.25) is 0 Å². The highest BCUT2D eigenvalue weighted by Crippen LogP contribution is 2.40. The molecule has 2 aliphatic carbocycles. The Labute approximate surface area is 590 Å². The zero-order chi connectivity index (χ0) is 74.2. The van der Waals surface area contributed by atoms with Crippen molar-refractivity contribution in [2.24, 2.45) is 10.8 Å². The fraction of sp³-hybridized carbons (Fsp3) is 0.500. The number of rotatable bonds is 18. The number of amides is 5. The lowest BCUT2D eigenvalue weighted by molar-refractivity contribution is -0.155. The van der Waals surface area contributed by atoms with E-state index in [9.17, 15) is 43.5 Å². The van der Waals surface area contributed by atoms with Gasteiger partial charge in [0.1, 0.15) is 81.7 Å². The van der Waals surface area contributed by atoms with Crippen LogP contribution in [0.25, 0.3) is 44.3 Å². The molecule has 10 rings (SSSR count). The molecule has 25 heteroatoms. The molecule has 4 aromatic carbocycles. The van der Waals surface area contributed by atoms with Gasteiger partial charge in [-0.05, 0) is 122 Å². The molecule has 0 radical (unpaired) electrons. The number of ether oxygens (including phenoxy) is 7. The lowest BCUT2D eigenvalue weighted by atomic mass is 9.76. The molecule has 2 aromatic heterocycles. The quantitative estimate of drug-likeness (QED) is 0.0344. The van der Waals surface area contributed by atoms with E-state index < -0.39 is 112 Å². The van der Waals surface area contributed by atoms with Crippen molar-refractivity contribution in [2.45, 2.75) is 193 Å². The van der Waals surface area contributed by atoms with Gasteiger partial charge in [-0.2, -0.15) is 0 Å². The molecule has 2 saturated heterocycles. The van der Waals surface area contributed by atoms with Gasteiger partial charge in [-0.25, -0.2) is 29.1 Å². The molecular weight excluding hydrogens is 1300 g/mol. The van der Waals surface area contributed by atoms with Gasteiger partial charge in [-0.3, -0.25) is 24.1 Å². The maximum Gasteiger partial charge on any atom is 0.411 e. The van der Waals surface area contributed by atoms with Crippen LogP contribution in [0.4, 0.5) is 9.59 Å². The summed E-state index contributed by atoms with van der Waals surface area (Å²) in [5, 5.41) is 31.2. The number of aromatic nitrogens is 2. The van der Waals surface area contributed by atoms with E-state index >= 15 is 0 Å². The maximum absolute atomic E-state index is 14.4. The highest BCUT2D eigenvalue weighted by atomic mass is 16.6. The first-order valence-electron chi connectivity index (χ1n) is 34.0. The van der Waals surface area contributed by atoms with Crippen molar-refractivity contribution in [1.29, 1.82) is 0 Å². The molecule has 2 unspecified atom stereocenters. The summed E-state index contributed by atoms with van der Waals surface area (Å²) in [7, 11) is 6.14. The fourth-order valence-corrected chi connectivity index (χ4v) is 12.5. The lowest BCUT2D eigenvalue weighted by Gasteiger charge is -2.40. The monoisotopic (exact) mass is 1390 g/mol. The molecule has 6 atom stereocenters. The van der Waals surface area contributed by atoms with Crippen LogP contribution in [-0.4, -0.2) is 178 Å². The number of esters is 1. The number of pyridine rings is 2. The van der Waals surface area contributed by atoms with E-state index in [0.717, 1.165) is 22.9 Å². The Morgan fingerprint density at radius 3 is 1.33 bits per heavy atom. The molecule has 4 fully saturated rings. The van der Waals surface area contributed by atoms with Gasteiger partial charge in [0.2, 0.25) is 17.7 Å². The minimum Gasteiger partial charge on any atom is -0.497 e. The molecule has 4 heterocycles. The number of nitrogens with one attached hydrogen (secondary N) is 4. The lowest BCUT2D eigenvalue weighted by Crippen LogP contribution is -2.63. The molecule has 544 valence electrons. The smallest absolute Gasteiger partial charge is 0.411 e. The van der Waals surface area contributed by atoms with Crippen LogP contribution < -0.4 is 40.2 Å². The summed E-state index contributed by atoms with van der Waals surface area (Å²) in [4.78, 5) is 116. The summed E-state index contributed by atoms with van der Waals surface area (Å²) in [6.07, 6.45) is 0.775. The van der Waals surface area contributed by atoms with Gasteiger partial charge in [0.15, 0.2) is 0 Å². The summed E-state index contributed by atoms with van der Waals surface area (Å²) >= 11 is 0. The van der Waals surface area contributed by atoms with E-state index in [4.69, 9.17) is 48.2 Å². The highest BCUT2D eigenvalue weighted by Gasteiger charge is 2.53. The molecule has 5 amide bonds. The number of hydrogen-bond donors (Lipinski definition) is 6. The van der Waals surface area contributed by atoms with Crippen molar-refractivity contribution < 1.29 is 81.7 Å². The SMILES string of the molecule is CN[C@H](C(=O)O)C(C)(C)C.COC(=O)C1(NC(=O)[C@@H]2CC(Oc3cc(-c4ccccc4)nc4cc(OC)ccc34)CN2C(=O)OC(C)(C)C)CCC1.COc1ccc2c(OC3C[C@@H](C(=O)NC4(C(=O)O)CCC4)N(C(=O)[C@@H](NC(=O)OC(C)(C)C)C(C)(C)C)C3)cc(-c3ccccc3)nc2c1. The Morgan fingerprint density at radius 2 is 0.970 bits per heavy atom. The van der Waals surface area contributed by atoms with E-state index in [-0.39, 0.29) is 31.3 Å². The van der Waals surface area contributed by atoms with Gasteiger partial charge in [0.05, 0.1) is 56.8 Å². The van der Waals surface area contributed by atoms with E-state index in [1.54, 1.807) is 68.9 Å². The predicted molar refractivity (Wildman–Crippen MR) is 379 cm³/mol. The maximum atomic E-state index is 14.4. The van der Waals surface area contributed by atoms with Crippen molar-refractivity contribution in [3.8, 4) is 45.5 Å². The molecular formula is C76H98N8O17. The number of carbonyl (C=O) groups excluding carboxylic acids is 6. The van der Waals surface area contributed by atoms with Crippen molar-refractivity contribution in [3.05, 3.63) is 109 Å². The summed E-state index contributed by atoms with van der Waals surface area (Å²) in [5.41, 5.74) is -0.507.